The molecule has 0 spiro atoms. The van der Waals surface area contributed by atoms with Crippen LogP contribution in [0, 0.1) is 0 Å². The number of anilines is 1. The van der Waals surface area contributed by atoms with E-state index < -0.39 is 0 Å². The van der Waals surface area contributed by atoms with Crippen molar-refractivity contribution < 1.29 is 9.21 Å². The minimum Gasteiger partial charge on any atom is -0.440 e. The zero-order valence-corrected chi connectivity index (χ0v) is 12.8. The number of hydrogen-bond donors (Lipinski definition) is 2. The first kappa shape index (κ1) is 14.8. The second-order valence-electron chi connectivity index (χ2n) is 5.67. The Bertz CT molecular complexity index is 630. The fourth-order valence-corrected chi connectivity index (χ4v) is 2.31. The van der Waals surface area contributed by atoms with E-state index in [4.69, 9.17) is 4.42 Å². The molecule has 0 unspecified atom stereocenters. The van der Waals surface area contributed by atoms with Crippen molar-refractivity contribution in [3.63, 3.8) is 0 Å². The zero-order chi connectivity index (χ0) is 15.4. The van der Waals surface area contributed by atoms with Gasteiger partial charge >= 0.3 is 0 Å². The van der Waals surface area contributed by atoms with Crippen molar-refractivity contribution in [1.29, 1.82) is 0 Å². The van der Waals surface area contributed by atoms with E-state index in [9.17, 15) is 4.79 Å². The monoisotopic (exact) mass is 299 g/mol. The second kappa shape index (κ2) is 6.75. The third kappa shape index (κ3) is 3.74. The molecule has 116 valence electrons. The predicted molar refractivity (Wildman–Crippen MR) is 85.7 cm³/mol. The minimum absolute atomic E-state index is 0.0404. The van der Waals surface area contributed by atoms with E-state index in [2.05, 4.69) is 15.6 Å². The molecule has 0 atom stereocenters. The molecule has 2 aromatic rings. The Labute approximate surface area is 130 Å². The minimum atomic E-state index is 0.0404. The van der Waals surface area contributed by atoms with Crippen LogP contribution in [0.1, 0.15) is 37.5 Å². The van der Waals surface area contributed by atoms with Crippen LogP contribution in [0.2, 0.25) is 0 Å². The largest absolute Gasteiger partial charge is 0.440 e. The van der Waals surface area contributed by atoms with Gasteiger partial charge in [-0.25, -0.2) is 4.98 Å². The maximum absolute atomic E-state index is 11.8. The average Bonchev–Trinajstić information content (AvgIpc) is 3.26. The van der Waals surface area contributed by atoms with Crippen molar-refractivity contribution in [2.45, 2.75) is 31.6 Å². The van der Waals surface area contributed by atoms with E-state index in [1.165, 1.54) is 12.8 Å². The van der Waals surface area contributed by atoms with Gasteiger partial charge in [-0.1, -0.05) is 0 Å². The van der Waals surface area contributed by atoms with Crippen molar-refractivity contribution in [2.75, 3.05) is 18.9 Å². The number of carbonyl (C=O) groups excluding carboxylic acids is 1. The highest BCUT2D eigenvalue weighted by Crippen LogP contribution is 2.40. The molecule has 2 N–H and O–H groups in total. The molecule has 1 fully saturated rings. The van der Waals surface area contributed by atoms with Gasteiger partial charge < -0.3 is 15.1 Å². The highest BCUT2D eigenvalue weighted by molar-refractivity contribution is 5.90. The standard InChI is InChI=1S/C17H21N3O2/c1-18-10-2-3-16(21)20-14-8-6-12(7-9-14)15-11-19-17(22-15)13-4-5-13/h6-9,11,13,18H,2-5,10H2,1H3,(H,20,21). The molecule has 1 aliphatic carbocycles. The van der Waals surface area contributed by atoms with Crippen LogP contribution < -0.4 is 10.6 Å². The highest BCUT2D eigenvalue weighted by Gasteiger charge is 2.28. The number of nitrogens with one attached hydrogen (secondary N) is 2. The fourth-order valence-electron chi connectivity index (χ4n) is 2.31. The molecule has 1 heterocycles. The first-order valence-corrected chi connectivity index (χ1v) is 7.77. The van der Waals surface area contributed by atoms with E-state index in [-0.39, 0.29) is 5.91 Å². The van der Waals surface area contributed by atoms with Gasteiger partial charge in [-0.15, -0.1) is 0 Å². The molecule has 0 bridgehead atoms. The number of nitrogens with zero attached hydrogens (tertiary/aromatic N) is 1. The Kier molecular flexibility index (Phi) is 4.53. The zero-order valence-electron chi connectivity index (χ0n) is 12.8. The number of hydrogen-bond acceptors (Lipinski definition) is 4. The van der Waals surface area contributed by atoms with Gasteiger partial charge in [0, 0.05) is 23.6 Å². The van der Waals surface area contributed by atoms with Crippen molar-refractivity contribution >= 4 is 11.6 Å². The fraction of sp³-hybridized carbons (Fsp3) is 0.412. The van der Waals surface area contributed by atoms with Crippen LogP contribution in [-0.2, 0) is 4.79 Å². The summed E-state index contributed by atoms with van der Waals surface area (Å²) in [4.78, 5) is 16.1. The van der Waals surface area contributed by atoms with Gasteiger partial charge in [0.25, 0.3) is 0 Å². The normalized spacial score (nSPS) is 14.0. The van der Waals surface area contributed by atoms with Crippen molar-refractivity contribution in [3.8, 4) is 11.3 Å². The third-order valence-electron chi connectivity index (χ3n) is 3.73. The smallest absolute Gasteiger partial charge is 0.224 e. The first-order chi connectivity index (χ1) is 10.8. The van der Waals surface area contributed by atoms with Crippen LogP contribution in [0.15, 0.2) is 34.9 Å². The highest BCUT2D eigenvalue weighted by atomic mass is 16.4. The molecule has 0 aliphatic heterocycles. The van der Waals surface area contributed by atoms with Crippen LogP contribution >= 0.6 is 0 Å². The van der Waals surface area contributed by atoms with E-state index in [1.54, 1.807) is 6.20 Å². The Morgan fingerprint density at radius 3 is 2.77 bits per heavy atom. The molecule has 0 radical (unpaired) electrons. The second-order valence-corrected chi connectivity index (χ2v) is 5.67. The molecule has 22 heavy (non-hydrogen) atoms. The quantitative estimate of drug-likeness (QED) is 0.771. The summed E-state index contributed by atoms with van der Waals surface area (Å²) in [5.41, 5.74) is 1.78. The predicted octanol–water partition coefficient (Wildman–Crippen LogP) is 3.16. The number of oxazole rings is 1. The van der Waals surface area contributed by atoms with Gasteiger partial charge in [0.15, 0.2) is 11.7 Å². The first-order valence-electron chi connectivity index (χ1n) is 7.77. The van der Waals surface area contributed by atoms with Gasteiger partial charge in [-0.05, 0) is 57.1 Å². The lowest BCUT2D eigenvalue weighted by atomic mass is 10.1. The van der Waals surface area contributed by atoms with Crippen LogP contribution in [0.3, 0.4) is 0 Å². The Morgan fingerprint density at radius 2 is 2.09 bits per heavy atom. The van der Waals surface area contributed by atoms with Gasteiger partial charge in [0.2, 0.25) is 5.91 Å². The molecule has 5 nitrogen and oxygen atoms in total. The lowest BCUT2D eigenvalue weighted by molar-refractivity contribution is -0.116. The van der Waals surface area contributed by atoms with Crippen molar-refractivity contribution in [1.82, 2.24) is 10.3 Å². The van der Waals surface area contributed by atoms with E-state index in [1.807, 2.05) is 31.3 Å². The number of benzene rings is 1. The molecule has 1 aliphatic rings. The molecule has 1 aromatic heterocycles. The molecule has 0 saturated heterocycles. The van der Waals surface area contributed by atoms with Crippen LogP contribution in [-0.4, -0.2) is 24.5 Å². The molecule has 1 aromatic carbocycles. The lowest BCUT2D eigenvalue weighted by Crippen LogP contribution is -2.15. The summed E-state index contributed by atoms with van der Waals surface area (Å²) in [5, 5.41) is 5.93. The SMILES string of the molecule is CNCCCC(=O)Nc1ccc(-c2cnc(C3CC3)o2)cc1. The van der Waals surface area contributed by atoms with Gasteiger partial charge in [0.05, 0.1) is 6.20 Å². The molecular weight excluding hydrogens is 278 g/mol. The molecule has 5 heteroatoms. The number of carbonyl (C=O) groups is 1. The maximum Gasteiger partial charge on any atom is 0.224 e. The summed E-state index contributed by atoms with van der Waals surface area (Å²) >= 11 is 0. The van der Waals surface area contributed by atoms with Gasteiger partial charge in [-0.3, -0.25) is 4.79 Å². The van der Waals surface area contributed by atoms with E-state index in [0.29, 0.717) is 12.3 Å². The summed E-state index contributed by atoms with van der Waals surface area (Å²) in [5.74, 6) is 2.19. The van der Waals surface area contributed by atoms with Crippen molar-refractivity contribution in [3.05, 3.63) is 36.4 Å². The molecule has 1 amide bonds. The molecular formula is C17H21N3O2. The van der Waals surface area contributed by atoms with Crippen LogP contribution in [0.4, 0.5) is 5.69 Å². The maximum atomic E-state index is 11.8. The topological polar surface area (TPSA) is 67.2 Å². The molecule has 1 saturated carbocycles. The number of rotatable bonds is 7. The lowest BCUT2D eigenvalue weighted by Gasteiger charge is -2.05. The summed E-state index contributed by atoms with van der Waals surface area (Å²) in [6, 6.07) is 7.68. The Morgan fingerprint density at radius 1 is 1.32 bits per heavy atom. The van der Waals surface area contributed by atoms with Gasteiger partial charge in [-0.2, -0.15) is 0 Å². The summed E-state index contributed by atoms with van der Waals surface area (Å²) in [7, 11) is 1.88. The van der Waals surface area contributed by atoms with E-state index >= 15 is 0 Å². The van der Waals surface area contributed by atoms with Crippen LogP contribution in [0.25, 0.3) is 11.3 Å². The van der Waals surface area contributed by atoms with E-state index in [0.717, 1.165) is 35.9 Å². The summed E-state index contributed by atoms with van der Waals surface area (Å²) in [6.45, 7) is 0.848. The summed E-state index contributed by atoms with van der Waals surface area (Å²) in [6.07, 6.45) is 5.49. The summed E-state index contributed by atoms with van der Waals surface area (Å²) < 4.78 is 5.77. The Balaban J connectivity index is 1.58. The van der Waals surface area contributed by atoms with Crippen molar-refractivity contribution in [2.24, 2.45) is 0 Å². The van der Waals surface area contributed by atoms with Crippen LogP contribution in [0.5, 0.6) is 0 Å². The van der Waals surface area contributed by atoms with Gasteiger partial charge in [0.1, 0.15) is 0 Å². The number of amides is 1. The number of aromatic nitrogens is 1. The Hall–Kier alpha value is -2.14. The molecule has 3 rings (SSSR count). The average molecular weight is 299 g/mol. The third-order valence-corrected chi connectivity index (χ3v) is 3.73.